The summed E-state index contributed by atoms with van der Waals surface area (Å²) in [6, 6.07) is 14.2. The monoisotopic (exact) mass is 375 g/mol. The second-order valence-electron chi connectivity index (χ2n) is 7.49. The molecule has 0 spiro atoms. The molecule has 0 unspecified atom stereocenters. The van der Waals surface area contributed by atoms with E-state index in [4.69, 9.17) is 17.3 Å². The van der Waals surface area contributed by atoms with Crippen molar-refractivity contribution in [3.05, 3.63) is 57.8 Å². The molecule has 1 aromatic carbocycles. The van der Waals surface area contributed by atoms with Crippen LogP contribution in [0.15, 0.2) is 47.2 Å². The molecule has 4 rings (SSSR count). The van der Waals surface area contributed by atoms with Crippen molar-refractivity contribution in [3.8, 4) is 18.2 Å². The number of halogens is 1. The Kier molecular flexibility index (Phi) is 4.01. The van der Waals surface area contributed by atoms with Gasteiger partial charge in [0, 0.05) is 28.9 Å². The lowest BCUT2D eigenvalue weighted by molar-refractivity contribution is 0.160. The topological polar surface area (TPSA) is 101 Å². The number of nitriles is 3. The SMILES string of the molecule is CN1[C@@H]2CC[C@@H]1C=C1C(C#N)=C(N)C(C#N)(C#N)[C@@H](c3cccc(Cl)c3)[C@H]12. The van der Waals surface area contributed by atoms with Gasteiger partial charge in [-0.2, -0.15) is 15.8 Å². The highest BCUT2D eigenvalue weighted by Gasteiger charge is 2.58. The molecule has 2 aliphatic heterocycles. The third-order valence-electron chi connectivity index (χ3n) is 6.43. The van der Waals surface area contributed by atoms with Crippen molar-refractivity contribution in [2.45, 2.75) is 30.8 Å². The fourth-order valence-corrected chi connectivity index (χ4v) is 5.36. The fourth-order valence-electron chi connectivity index (χ4n) is 5.16. The molecule has 3 aliphatic rings. The maximum absolute atomic E-state index is 10.1. The average Bonchev–Trinajstić information content (AvgIpc) is 2.90. The Morgan fingerprint density at radius 1 is 1.22 bits per heavy atom. The summed E-state index contributed by atoms with van der Waals surface area (Å²) in [6.45, 7) is 0. The minimum Gasteiger partial charge on any atom is -0.399 e. The summed E-state index contributed by atoms with van der Waals surface area (Å²) in [5, 5.41) is 30.5. The summed E-state index contributed by atoms with van der Waals surface area (Å²) in [4.78, 5) is 2.29. The van der Waals surface area contributed by atoms with Crippen LogP contribution in [0, 0.1) is 45.3 Å². The van der Waals surface area contributed by atoms with Gasteiger partial charge < -0.3 is 5.73 Å². The minimum absolute atomic E-state index is 0.0615. The number of rotatable bonds is 1. The molecule has 1 aliphatic carbocycles. The summed E-state index contributed by atoms with van der Waals surface area (Å²) in [6.07, 6.45) is 4.05. The van der Waals surface area contributed by atoms with Crippen molar-refractivity contribution in [2.24, 2.45) is 17.1 Å². The van der Waals surface area contributed by atoms with Crippen LogP contribution in [0.2, 0.25) is 5.02 Å². The number of allylic oxidation sites excluding steroid dienone is 2. The zero-order valence-electron chi connectivity index (χ0n) is 14.9. The molecule has 1 fully saturated rings. The van der Waals surface area contributed by atoms with Crippen LogP contribution in [0.25, 0.3) is 0 Å². The Hall–Kier alpha value is -2.78. The molecule has 1 aromatic rings. The van der Waals surface area contributed by atoms with Crippen LogP contribution in [0.1, 0.15) is 24.3 Å². The van der Waals surface area contributed by atoms with Crippen molar-refractivity contribution in [1.29, 1.82) is 15.8 Å². The number of fused-ring (bicyclic) bond motifs is 4. The Balaban J connectivity index is 2.06. The van der Waals surface area contributed by atoms with E-state index in [0.29, 0.717) is 10.6 Å². The molecular weight excluding hydrogens is 358 g/mol. The van der Waals surface area contributed by atoms with Crippen molar-refractivity contribution in [3.63, 3.8) is 0 Å². The maximum atomic E-state index is 10.1. The van der Waals surface area contributed by atoms with Crippen LogP contribution in [-0.4, -0.2) is 24.0 Å². The summed E-state index contributed by atoms with van der Waals surface area (Å²) in [7, 11) is 2.07. The van der Waals surface area contributed by atoms with Crippen LogP contribution in [0.3, 0.4) is 0 Å². The van der Waals surface area contributed by atoms with Gasteiger partial charge in [0.15, 0.2) is 5.41 Å². The highest BCUT2D eigenvalue weighted by Crippen LogP contribution is 2.58. The zero-order valence-corrected chi connectivity index (χ0v) is 15.6. The van der Waals surface area contributed by atoms with E-state index in [2.05, 4.69) is 36.2 Å². The molecule has 6 heteroatoms. The van der Waals surface area contributed by atoms with E-state index in [1.807, 2.05) is 12.1 Å². The van der Waals surface area contributed by atoms with E-state index in [-0.39, 0.29) is 23.7 Å². The van der Waals surface area contributed by atoms with Crippen molar-refractivity contribution in [2.75, 3.05) is 7.05 Å². The second-order valence-corrected chi connectivity index (χ2v) is 7.93. The first-order valence-electron chi connectivity index (χ1n) is 8.90. The molecule has 0 radical (unpaired) electrons. The van der Waals surface area contributed by atoms with Gasteiger partial charge in [0.2, 0.25) is 0 Å². The molecule has 2 N–H and O–H groups in total. The van der Waals surface area contributed by atoms with Gasteiger partial charge in [-0.25, -0.2) is 0 Å². The van der Waals surface area contributed by atoms with E-state index in [1.165, 1.54) is 0 Å². The first-order valence-corrected chi connectivity index (χ1v) is 9.28. The van der Waals surface area contributed by atoms with E-state index in [1.54, 1.807) is 12.1 Å². The number of hydrogen-bond donors (Lipinski definition) is 1. The molecule has 0 amide bonds. The standard InChI is InChI=1S/C21H18ClN5/c1-27-14-5-6-17(27)18-15(8-14)16(9-23)20(26)21(10-24,11-25)19(18)12-3-2-4-13(22)7-12/h2-4,7-8,14,17-19H,5-6,26H2,1H3/t14-,17-,18-,19+/m1/s1. The minimum atomic E-state index is -1.60. The van der Waals surface area contributed by atoms with Gasteiger partial charge >= 0.3 is 0 Å². The summed E-state index contributed by atoms with van der Waals surface area (Å²) < 4.78 is 0. The Bertz CT molecular complexity index is 989. The predicted octanol–water partition coefficient (Wildman–Crippen LogP) is 3.23. The third-order valence-corrected chi connectivity index (χ3v) is 6.67. The van der Waals surface area contributed by atoms with Gasteiger partial charge in [0.1, 0.15) is 6.07 Å². The van der Waals surface area contributed by atoms with Crippen LogP contribution in [0.5, 0.6) is 0 Å². The Labute approximate surface area is 163 Å². The van der Waals surface area contributed by atoms with E-state index < -0.39 is 11.3 Å². The number of nitrogens with zero attached hydrogens (tertiary/aromatic N) is 4. The van der Waals surface area contributed by atoms with Crippen LogP contribution in [0.4, 0.5) is 0 Å². The third kappa shape index (κ3) is 2.25. The molecule has 27 heavy (non-hydrogen) atoms. The van der Waals surface area contributed by atoms with Crippen LogP contribution in [-0.2, 0) is 0 Å². The van der Waals surface area contributed by atoms with Crippen molar-refractivity contribution >= 4 is 11.6 Å². The quantitative estimate of drug-likeness (QED) is 0.812. The predicted molar refractivity (Wildman–Crippen MR) is 101 cm³/mol. The highest BCUT2D eigenvalue weighted by atomic mass is 35.5. The van der Waals surface area contributed by atoms with Crippen molar-refractivity contribution in [1.82, 2.24) is 4.90 Å². The summed E-state index contributed by atoms with van der Waals surface area (Å²) in [5.74, 6) is -0.644. The highest BCUT2D eigenvalue weighted by molar-refractivity contribution is 6.30. The van der Waals surface area contributed by atoms with Gasteiger partial charge in [0.25, 0.3) is 0 Å². The number of likely N-dealkylation sites (N-methyl/N-ethyl adjacent to an activating group) is 1. The molecule has 1 saturated heterocycles. The summed E-state index contributed by atoms with van der Waals surface area (Å²) in [5.41, 5.74) is 6.78. The van der Waals surface area contributed by atoms with E-state index in [0.717, 1.165) is 24.0 Å². The van der Waals surface area contributed by atoms with Gasteiger partial charge in [-0.1, -0.05) is 29.8 Å². The molecule has 0 aromatic heterocycles. The zero-order chi connectivity index (χ0) is 19.3. The van der Waals surface area contributed by atoms with Crippen LogP contribution >= 0.6 is 11.6 Å². The first kappa shape index (κ1) is 17.6. The maximum Gasteiger partial charge on any atom is 0.191 e. The van der Waals surface area contributed by atoms with Gasteiger partial charge in [-0.3, -0.25) is 4.90 Å². The largest absolute Gasteiger partial charge is 0.399 e. The Morgan fingerprint density at radius 3 is 2.59 bits per heavy atom. The molecule has 4 atom stereocenters. The molecule has 2 bridgehead atoms. The average molecular weight is 376 g/mol. The summed E-state index contributed by atoms with van der Waals surface area (Å²) >= 11 is 6.23. The lowest BCUT2D eigenvalue weighted by atomic mass is 9.56. The van der Waals surface area contributed by atoms with E-state index in [9.17, 15) is 15.8 Å². The van der Waals surface area contributed by atoms with Crippen LogP contribution < -0.4 is 5.73 Å². The number of benzene rings is 1. The lowest BCUT2D eigenvalue weighted by Crippen LogP contribution is -2.51. The lowest BCUT2D eigenvalue weighted by Gasteiger charge is -2.48. The first-order chi connectivity index (χ1) is 13.0. The number of nitrogens with two attached hydrogens (primary N) is 1. The molecule has 2 heterocycles. The number of hydrogen-bond acceptors (Lipinski definition) is 5. The van der Waals surface area contributed by atoms with E-state index >= 15 is 0 Å². The molecule has 134 valence electrons. The van der Waals surface area contributed by atoms with Crippen molar-refractivity contribution < 1.29 is 0 Å². The van der Waals surface area contributed by atoms with Gasteiger partial charge in [0.05, 0.1) is 23.4 Å². The smallest absolute Gasteiger partial charge is 0.191 e. The van der Waals surface area contributed by atoms with Gasteiger partial charge in [-0.15, -0.1) is 0 Å². The fraction of sp³-hybridized carbons (Fsp3) is 0.381. The molecule has 0 saturated carbocycles. The molecule has 5 nitrogen and oxygen atoms in total. The normalized spacial score (nSPS) is 31.3. The second kappa shape index (κ2) is 6.14. The molecular formula is C21H18ClN5. The Morgan fingerprint density at radius 2 is 1.96 bits per heavy atom. The van der Waals surface area contributed by atoms with Gasteiger partial charge in [-0.05, 0) is 43.2 Å².